The van der Waals surface area contributed by atoms with Gasteiger partial charge in [0, 0.05) is 18.5 Å². The zero-order valence-corrected chi connectivity index (χ0v) is 16.7. The zero-order chi connectivity index (χ0) is 21.0. The van der Waals surface area contributed by atoms with E-state index in [1.807, 2.05) is 26.8 Å². The Bertz CT molecular complexity index is 896. The minimum Gasteiger partial charge on any atom is -0.444 e. The number of alkyl halides is 3. The smallest absolute Gasteiger partial charge is 0.444 e. The lowest BCUT2D eigenvalue weighted by atomic mass is 9.60. The summed E-state index contributed by atoms with van der Waals surface area (Å²) in [7, 11) is -5.32. The Kier molecular flexibility index (Phi) is 4.81. The molecule has 2 fully saturated rings. The van der Waals surface area contributed by atoms with Crippen molar-refractivity contribution in [1.82, 2.24) is 4.90 Å². The minimum atomic E-state index is -5.32. The van der Waals surface area contributed by atoms with Crippen molar-refractivity contribution in [2.24, 2.45) is 5.41 Å². The summed E-state index contributed by atoms with van der Waals surface area (Å²) in [6, 6.07) is 4.67. The van der Waals surface area contributed by atoms with Gasteiger partial charge >= 0.3 is 11.6 Å². The lowest BCUT2D eigenvalue weighted by Crippen LogP contribution is -2.62. The predicted molar refractivity (Wildman–Crippen MR) is 97.1 cm³/mol. The molecule has 154 valence electrons. The summed E-state index contributed by atoms with van der Waals surface area (Å²) in [4.78, 5) is 12.9. The number of halogens is 3. The number of amides is 1. The van der Waals surface area contributed by atoms with Crippen LogP contribution in [0, 0.1) is 5.41 Å². The van der Waals surface area contributed by atoms with Gasteiger partial charge in [0.15, 0.2) is 0 Å². The van der Waals surface area contributed by atoms with Crippen molar-refractivity contribution in [3.05, 3.63) is 35.4 Å². The van der Waals surface area contributed by atoms with E-state index in [0.29, 0.717) is 18.7 Å². The van der Waals surface area contributed by atoms with E-state index >= 15 is 0 Å². The van der Waals surface area contributed by atoms with Crippen LogP contribution in [0.5, 0.6) is 0 Å². The van der Waals surface area contributed by atoms with Crippen molar-refractivity contribution < 1.29 is 31.1 Å². The second kappa shape index (κ2) is 6.50. The van der Waals surface area contributed by atoms with Gasteiger partial charge in [0.05, 0.1) is 4.90 Å². The van der Waals surface area contributed by atoms with Crippen LogP contribution in [0.15, 0.2) is 34.7 Å². The van der Waals surface area contributed by atoms with Crippen molar-refractivity contribution in [3.63, 3.8) is 0 Å². The van der Waals surface area contributed by atoms with Gasteiger partial charge < -0.3 is 9.64 Å². The topological polar surface area (TPSA) is 63.7 Å². The van der Waals surface area contributed by atoms with E-state index in [-0.39, 0.29) is 11.5 Å². The molecule has 0 radical (unpaired) electrons. The van der Waals surface area contributed by atoms with Gasteiger partial charge in [-0.15, -0.1) is 0 Å². The summed E-state index contributed by atoms with van der Waals surface area (Å²) in [5.74, 6) is 0. The number of likely N-dealkylation sites (tertiary alicyclic amines) is 1. The first-order valence-electron chi connectivity index (χ1n) is 8.80. The standard InChI is InChI=1S/C19H22F3NO4S/c1-17(2,3)27-16(24)23-11-18(12-23)9-14(10-18)8-13-4-6-15(7-5-13)28(25,26)19(20,21)22/h4-8H,9-12H2,1-3H3. The lowest BCUT2D eigenvalue weighted by molar-refractivity contribution is -0.0499. The molecule has 0 unspecified atom stereocenters. The van der Waals surface area contributed by atoms with Gasteiger partial charge in [-0.25, -0.2) is 13.2 Å². The number of rotatable bonds is 2. The third-order valence-corrected chi connectivity index (χ3v) is 6.28. The molecule has 1 aromatic carbocycles. The lowest BCUT2D eigenvalue weighted by Gasteiger charge is -2.56. The summed E-state index contributed by atoms with van der Waals surface area (Å²) < 4.78 is 65.8. The number of carbonyl (C=O) groups is 1. The molecule has 1 aliphatic carbocycles. The third kappa shape index (κ3) is 4.04. The molecule has 0 bridgehead atoms. The summed E-state index contributed by atoms with van der Waals surface area (Å²) >= 11 is 0. The minimum absolute atomic E-state index is 0.0578. The number of nitrogens with zero attached hydrogens (tertiary/aromatic N) is 1. The van der Waals surface area contributed by atoms with Crippen LogP contribution >= 0.6 is 0 Å². The second-order valence-electron chi connectivity index (χ2n) is 8.51. The van der Waals surface area contributed by atoms with Gasteiger partial charge in [0.25, 0.3) is 9.84 Å². The number of allylic oxidation sites excluding steroid dienone is 1. The Morgan fingerprint density at radius 1 is 1.11 bits per heavy atom. The fraction of sp³-hybridized carbons (Fsp3) is 0.526. The largest absolute Gasteiger partial charge is 0.501 e. The fourth-order valence-electron chi connectivity index (χ4n) is 3.57. The van der Waals surface area contributed by atoms with Crippen LogP contribution in [0.2, 0.25) is 0 Å². The Morgan fingerprint density at radius 2 is 1.64 bits per heavy atom. The number of hydrogen-bond donors (Lipinski definition) is 0. The molecular weight excluding hydrogens is 395 g/mol. The normalized spacial score (nSPS) is 19.1. The van der Waals surface area contributed by atoms with Gasteiger partial charge in [-0.2, -0.15) is 13.2 Å². The van der Waals surface area contributed by atoms with Crippen LogP contribution in [0.4, 0.5) is 18.0 Å². The molecule has 0 atom stereocenters. The molecule has 9 heteroatoms. The average Bonchev–Trinajstić information content (AvgIpc) is 2.45. The van der Waals surface area contributed by atoms with Crippen molar-refractivity contribution in [3.8, 4) is 0 Å². The average molecular weight is 417 g/mol. The molecular formula is C19H22F3NO4S. The summed E-state index contributed by atoms with van der Waals surface area (Å²) in [6.07, 6.45) is 3.13. The van der Waals surface area contributed by atoms with E-state index in [9.17, 15) is 26.4 Å². The van der Waals surface area contributed by atoms with Crippen molar-refractivity contribution in [2.45, 2.75) is 49.6 Å². The number of carbonyl (C=O) groups excluding carboxylic acids is 1. The molecule has 28 heavy (non-hydrogen) atoms. The molecule has 3 rings (SSSR count). The van der Waals surface area contributed by atoms with Gasteiger partial charge in [0.2, 0.25) is 0 Å². The number of sulfone groups is 1. The maximum Gasteiger partial charge on any atom is 0.501 e. The van der Waals surface area contributed by atoms with E-state index in [2.05, 4.69) is 0 Å². The molecule has 1 saturated heterocycles. The molecule has 1 aromatic rings. The molecule has 5 nitrogen and oxygen atoms in total. The maximum atomic E-state index is 12.6. The summed E-state index contributed by atoms with van der Waals surface area (Å²) in [5, 5.41) is 0. The number of benzene rings is 1. The van der Waals surface area contributed by atoms with Crippen LogP contribution in [-0.4, -0.2) is 43.6 Å². The molecule has 1 heterocycles. The first-order chi connectivity index (χ1) is 12.7. The first kappa shape index (κ1) is 20.7. The Balaban J connectivity index is 1.57. The van der Waals surface area contributed by atoms with Gasteiger partial charge in [-0.3, -0.25) is 0 Å². The van der Waals surface area contributed by atoms with Crippen LogP contribution in [-0.2, 0) is 14.6 Å². The monoisotopic (exact) mass is 417 g/mol. The highest BCUT2D eigenvalue weighted by atomic mass is 32.2. The quantitative estimate of drug-likeness (QED) is 0.716. The van der Waals surface area contributed by atoms with Crippen LogP contribution in [0.3, 0.4) is 0 Å². The number of hydrogen-bond acceptors (Lipinski definition) is 4. The van der Waals surface area contributed by atoms with Crippen LogP contribution < -0.4 is 0 Å². The van der Waals surface area contributed by atoms with Crippen LogP contribution in [0.1, 0.15) is 39.2 Å². The Hall–Kier alpha value is -2.03. The Labute approximate surface area is 162 Å². The summed E-state index contributed by atoms with van der Waals surface area (Å²) in [5.41, 5.74) is -4.01. The number of ether oxygens (including phenoxy) is 1. The SMILES string of the molecule is CC(C)(C)OC(=O)N1CC2(CC(=Cc3ccc(S(=O)(=O)C(F)(F)F)cc3)C2)C1. The van der Waals surface area contributed by atoms with Crippen molar-refractivity contribution in [2.75, 3.05) is 13.1 Å². The van der Waals surface area contributed by atoms with E-state index in [1.165, 1.54) is 12.1 Å². The van der Waals surface area contributed by atoms with Gasteiger partial charge in [-0.05, 0) is 51.3 Å². The van der Waals surface area contributed by atoms with E-state index < -0.39 is 25.8 Å². The molecule has 1 spiro atoms. The first-order valence-corrected chi connectivity index (χ1v) is 10.3. The maximum absolute atomic E-state index is 12.6. The molecule has 1 aliphatic heterocycles. The molecule has 2 aliphatic rings. The van der Waals surface area contributed by atoms with Gasteiger partial charge in [-0.1, -0.05) is 23.8 Å². The zero-order valence-electron chi connectivity index (χ0n) is 15.8. The molecule has 0 N–H and O–H groups in total. The van der Waals surface area contributed by atoms with Crippen molar-refractivity contribution >= 4 is 22.0 Å². The molecule has 0 aromatic heterocycles. The third-order valence-electron chi connectivity index (χ3n) is 4.77. The van der Waals surface area contributed by atoms with Gasteiger partial charge in [0.1, 0.15) is 5.60 Å². The van der Waals surface area contributed by atoms with E-state index in [1.54, 1.807) is 4.90 Å². The van der Waals surface area contributed by atoms with E-state index in [0.717, 1.165) is 30.5 Å². The molecule has 1 saturated carbocycles. The van der Waals surface area contributed by atoms with Crippen molar-refractivity contribution in [1.29, 1.82) is 0 Å². The van der Waals surface area contributed by atoms with E-state index in [4.69, 9.17) is 4.74 Å². The fourth-order valence-corrected chi connectivity index (χ4v) is 4.33. The van der Waals surface area contributed by atoms with Crippen LogP contribution in [0.25, 0.3) is 6.08 Å². The molecule has 1 amide bonds. The summed E-state index contributed by atoms with van der Waals surface area (Å²) in [6.45, 7) is 6.70. The highest BCUT2D eigenvalue weighted by Gasteiger charge is 2.52. The highest BCUT2D eigenvalue weighted by Crippen LogP contribution is 2.52. The predicted octanol–water partition coefficient (Wildman–Crippen LogP) is 4.39. The second-order valence-corrected chi connectivity index (χ2v) is 10.5. The highest BCUT2D eigenvalue weighted by molar-refractivity contribution is 7.92. The Morgan fingerprint density at radius 3 is 2.11 bits per heavy atom.